The summed E-state index contributed by atoms with van der Waals surface area (Å²) in [5.41, 5.74) is 1.34. The fourth-order valence-electron chi connectivity index (χ4n) is 5.29. The SMILES string of the molecule is CCC[C@H]1CC[C@H](C2CCC(c3ccc(OC)c(I)c3)CC2)C(F)(F)C1. The Morgan fingerprint density at radius 2 is 1.85 bits per heavy atom. The summed E-state index contributed by atoms with van der Waals surface area (Å²) < 4.78 is 36.0. The molecule has 0 aromatic heterocycles. The van der Waals surface area contributed by atoms with E-state index in [2.05, 4.69) is 41.6 Å². The monoisotopic (exact) mass is 476 g/mol. The quantitative estimate of drug-likeness (QED) is 0.402. The number of benzene rings is 1. The number of alkyl halides is 2. The highest BCUT2D eigenvalue weighted by atomic mass is 127. The lowest BCUT2D eigenvalue weighted by atomic mass is 9.66. The lowest BCUT2D eigenvalue weighted by Crippen LogP contribution is -2.41. The first-order valence-electron chi connectivity index (χ1n) is 10.2. The summed E-state index contributed by atoms with van der Waals surface area (Å²) in [7, 11) is 1.69. The van der Waals surface area contributed by atoms with Crippen LogP contribution in [0.3, 0.4) is 0 Å². The molecule has 0 bridgehead atoms. The van der Waals surface area contributed by atoms with E-state index in [0.29, 0.717) is 5.92 Å². The van der Waals surface area contributed by atoms with E-state index < -0.39 is 5.92 Å². The Morgan fingerprint density at radius 1 is 1.12 bits per heavy atom. The minimum Gasteiger partial charge on any atom is -0.496 e. The maximum atomic E-state index is 14.8. The molecule has 0 spiro atoms. The summed E-state index contributed by atoms with van der Waals surface area (Å²) in [6.07, 6.45) is 7.83. The van der Waals surface area contributed by atoms with Crippen molar-refractivity contribution in [2.45, 2.75) is 76.6 Å². The fourth-order valence-corrected chi connectivity index (χ4v) is 6.05. The van der Waals surface area contributed by atoms with Gasteiger partial charge in [0.05, 0.1) is 10.7 Å². The first-order chi connectivity index (χ1) is 12.4. The number of halogens is 3. The number of rotatable bonds is 5. The topological polar surface area (TPSA) is 9.23 Å². The molecule has 0 radical (unpaired) electrons. The van der Waals surface area contributed by atoms with E-state index in [1.807, 2.05) is 6.07 Å². The molecule has 3 rings (SSSR count). The number of methoxy groups -OCH3 is 1. The molecule has 2 atom stereocenters. The van der Waals surface area contributed by atoms with Crippen molar-refractivity contribution in [1.29, 1.82) is 0 Å². The maximum absolute atomic E-state index is 14.8. The molecule has 0 N–H and O–H groups in total. The Labute approximate surface area is 170 Å². The molecule has 26 heavy (non-hydrogen) atoms. The van der Waals surface area contributed by atoms with Crippen LogP contribution < -0.4 is 4.74 Å². The first-order valence-corrected chi connectivity index (χ1v) is 11.2. The van der Waals surface area contributed by atoms with Crippen molar-refractivity contribution in [2.75, 3.05) is 7.11 Å². The van der Waals surface area contributed by atoms with Gasteiger partial charge in [-0.15, -0.1) is 0 Å². The van der Waals surface area contributed by atoms with Crippen LogP contribution in [0.4, 0.5) is 8.78 Å². The summed E-state index contributed by atoms with van der Waals surface area (Å²) in [6.45, 7) is 2.10. The van der Waals surface area contributed by atoms with Crippen LogP contribution in [0, 0.1) is 21.3 Å². The minimum absolute atomic E-state index is 0.127. The molecule has 1 aromatic rings. The van der Waals surface area contributed by atoms with E-state index in [9.17, 15) is 8.78 Å². The number of hydrogen-bond acceptors (Lipinski definition) is 1. The van der Waals surface area contributed by atoms with Crippen molar-refractivity contribution in [3.8, 4) is 5.75 Å². The van der Waals surface area contributed by atoms with Gasteiger partial charge in [-0.3, -0.25) is 0 Å². The van der Waals surface area contributed by atoms with E-state index in [1.165, 1.54) is 5.56 Å². The molecule has 1 nitrogen and oxygen atoms in total. The first kappa shape index (κ1) is 20.3. The van der Waals surface area contributed by atoms with Crippen LogP contribution in [0.5, 0.6) is 5.75 Å². The third-order valence-corrected chi connectivity index (χ3v) is 7.52. The van der Waals surface area contributed by atoms with Crippen molar-refractivity contribution in [2.24, 2.45) is 17.8 Å². The molecule has 0 saturated heterocycles. The van der Waals surface area contributed by atoms with Crippen molar-refractivity contribution in [3.05, 3.63) is 27.3 Å². The zero-order valence-corrected chi connectivity index (χ0v) is 18.1. The summed E-state index contributed by atoms with van der Waals surface area (Å²) in [4.78, 5) is 0. The highest BCUT2D eigenvalue weighted by Gasteiger charge is 2.48. The van der Waals surface area contributed by atoms with Gasteiger partial charge in [-0.2, -0.15) is 0 Å². The molecule has 0 amide bonds. The van der Waals surface area contributed by atoms with Crippen LogP contribution in [0.1, 0.15) is 76.2 Å². The second-order valence-electron chi connectivity index (χ2n) is 8.31. The van der Waals surface area contributed by atoms with Gasteiger partial charge in [0.1, 0.15) is 5.75 Å². The second kappa shape index (κ2) is 8.74. The molecule has 0 unspecified atom stereocenters. The Balaban J connectivity index is 1.59. The Morgan fingerprint density at radius 3 is 2.42 bits per heavy atom. The van der Waals surface area contributed by atoms with Gasteiger partial charge in [-0.1, -0.05) is 25.8 Å². The standard InChI is InChI=1S/C22H31F2IO/c1-3-4-15-5-11-19(22(23,24)14-15)17-8-6-16(7-9-17)18-10-12-21(26-2)20(25)13-18/h10,12-13,15-17,19H,3-9,11,14H2,1-2H3/t15-,16?,17?,19+/m0/s1. The maximum Gasteiger partial charge on any atom is 0.251 e. The molecule has 2 aliphatic carbocycles. The predicted molar refractivity (Wildman–Crippen MR) is 111 cm³/mol. The van der Waals surface area contributed by atoms with Gasteiger partial charge in [0.25, 0.3) is 5.92 Å². The lowest BCUT2D eigenvalue weighted by molar-refractivity contribution is -0.127. The van der Waals surface area contributed by atoms with E-state index in [4.69, 9.17) is 4.74 Å². The molecule has 2 saturated carbocycles. The van der Waals surface area contributed by atoms with E-state index in [1.54, 1.807) is 7.11 Å². The summed E-state index contributed by atoms with van der Waals surface area (Å²) in [5, 5.41) is 0. The van der Waals surface area contributed by atoms with E-state index >= 15 is 0 Å². The summed E-state index contributed by atoms with van der Waals surface area (Å²) in [6, 6.07) is 6.39. The van der Waals surface area contributed by atoms with Crippen molar-refractivity contribution in [1.82, 2.24) is 0 Å². The summed E-state index contributed by atoms with van der Waals surface area (Å²) >= 11 is 2.31. The van der Waals surface area contributed by atoms with Gasteiger partial charge >= 0.3 is 0 Å². The third kappa shape index (κ3) is 4.53. The molecular formula is C22H31F2IO. The average molecular weight is 476 g/mol. The molecule has 0 aliphatic heterocycles. The van der Waals surface area contributed by atoms with Gasteiger partial charge in [0.2, 0.25) is 0 Å². The molecule has 1 aromatic carbocycles. The number of hydrogen-bond donors (Lipinski definition) is 0. The van der Waals surface area contributed by atoms with Gasteiger partial charge in [0.15, 0.2) is 0 Å². The van der Waals surface area contributed by atoms with Crippen LogP contribution in [0.2, 0.25) is 0 Å². The average Bonchev–Trinajstić information content (AvgIpc) is 2.61. The fraction of sp³-hybridized carbons (Fsp3) is 0.727. The van der Waals surface area contributed by atoms with Crippen molar-refractivity contribution < 1.29 is 13.5 Å². The normalized spacial score (nSPS) is 31.6. The van der Waals surface area contributed by atoms with Crippen LogP contribution in [0.25, 0.3) is 0 Å². The largest absolute Gasteiger partial charge is 0.496 e. The van der Waals surface area contributed by atoms with Crippen LogP contribution in [-0.2, 0) is 0 Å². The molecule has 0 heterocycles. The van der Waals surface area contributed by atoms with Gasteiger partial charge in [-0.25, -0.2) is 8.78 Å². The highest BCUT2D eigenvalue weighted by molar-refractivity contribution is 14.1. The van der Waals surface area contributed by atoms with E-state index in [-0.39, 0.29) is 24.2 Å². The number of ether oxygens (including phenoxy) is 1. The van der Waals surface area contributed by atoms with E-state index in [0.717, 1.165) is 60.7 Å². The predicted octanol–water partition coefficient (Wildman–Crippen LogP) is 7.43. The van der Waals surface area contributed by atoms with Crippen LogP contribution in [0.15, 0.2) is 18.2 Å². The molecule has 2 fully saturated rings. The Kier molecular flexibility index (Phi) is 6.84. The van der Waals surface area contributed by atoms with Crippen molar-refractivity contribution >= 4 is 22.6 Å². The molecule has 146 valence electrons. The Hall–Kier alpha value is -0.390. The smallest absolute Gasteiger partial charge is 0.251 e. The van der Waals surface area contributed by atoms with Crippen LogP contribution in [-0.4, -0.2) is 13.0 Å². The minimum atomic E-state index is -2.45. The van der Waals surface area contributed by atoms with Crippen molar-refractivity contribution in [3.63, 3.8) is 0 Å². The molecule has 4 heteroatoms. The third-order valence-electron chi connectivity index (χ3n) is 6.67. The highest BCUT2D eigenvalue weighted by Crippen LogP contribution is 2.51. The van der Waals surface area contributed by atoms with Crippen LogP contribution >= 0.6 is 22.6 Å². The van der Waals surface area contributed by atoms with Gasteiger partial charge in [-0.05, 0) is 96.6 Å². The molecular weight excluding hydrogens is 445 g/mol. The van der Waals surface area contributed by atoms with Gasteiger partial charge < -0.3 is 4.74 Å². The van der Waals surface area contributed by atoms with Gasteiger partial charge in [0, 0.05) is 12.3 Å². The summed E-state index contributed by atoms with van der Waals surface area (Å²) in [5.74, 6) is -0.967. The zero-order valence-electron chi connectivity index (χ0n) is 15.9. The molecule has 2 aliphatic rings. The lowest BCUT2D eigenvalue weighted by Gasteiger charge is -2.42. The Bertz CT molecular complexity index is 596. The zero-order chi connectivity index (χ0) is 18.7. The second-order valence-corrected chi connectivity index (χ2v) is 9.47.